The van der Waals surface area contributed by atoms with Crippen molar-refractivity contribution >= 4 is 11.9 Å². The molecule has 2 heterocycles. The quantitative estimate of drug-likeness (QED) is 0.882. The molecule has 21 heavy (non-hydrogen) atoms. The van der Waals surface area contributed by atoms with Gasteiger partial charge in [0.1, 0.15) is 5.69 Å². The Balaban J connectivity index is 2.13. The van der Waals surface area contributed by atoms with Gasteiger partial charge in [-0.25, -0.2) is 4.79 Å². The van der Waals surface area contributed by atoms with Crippen LogP contribution in [0.25, 0.3) is 0 Å². The first-order valence-electron chi connectivity index (χ1n) is 7.39. The van der Waals surface area contributed by atoms with Crippen LogP contribution in [0.1, 0.15) is 45.4 Å². The first-order chi connectivity index (χ1) is 9.95. The predicted octanol–water partition coefficient (Wildman–Crippen LogP) is 1.50. The Morgan fingerprint density at radius 2 is 1.81 bits per heavy atom. The molecule has 6 heteroatoms. The van der Waals surface area contributed by atoms with E-state index in [0.717, 1.165) is 26.1 Å². The minimum absolute atomic E-state index is 0.0649. The number of hydrogen-bond donors (Lipinski definition) is 2. The Labute approximate surface area is 124 Å². The summed E-state index contributed by atoms with van der Waals surface area (Å²) < 4.78 is 0. The molecule has 0 spiro atoms. The van der Waals surface area contributed by atoms with Crippen LogP contribution < -0.4 is 0 Å². The summed E-state index contributed by atoms with van der Waals surface area (Å²) in [6.45, 7) is 9.82. The second-order valence-electron chi connectivity index (χ2n) is 5.56. The van der Waals surface area contributed by atoms with Gasteiger partial charge in [-0.2, -0.15) is 0 Å². The molecule has 2 rings (SSSR count). The molecule has 0 unspecified atom stereocenters. The lowest BCUT2D eigenvalue weighted by molar-refractivity contribution is 0.0636. The van der Waals surface area contributed by atoms with E-state index in [1.165, 1.54) is 0 Å². The molecule has 0 saturated carbocycles. The Morgan fingerprint density at radius 1 is 1.19 bits per heavy atom. The van der Waals surface area contributed by atoms with Crippen LogP contribution in [0.15, 0.2) is 0 Å². The van der Waals surface area contributed by atoms with E-state index in [9.17, 15) is 9.59 Å². The molecule has 1 aromatic rings. The number of carbonyl (C=O) groups is 2. The maximum absolute atomic E-state index is 12.6. The van der Waals surface area contributed by atoms with E-state index in [4.69, 9.17) is 5.11 Å². The molecule has 1 aromatic heterocycles. The van der Waals surface area contributed by atoms with Gasteiger partial charge in [0.05, 0.1) is 5.56 Å². The highest BCUT2D eigenvalue weighted by molar-refractivity contribution is 6.00. The van der Waals surface area contributed by atoms with E-state index in [-0.39, 0.29) is 11.6 Å². The van der Waals surface area contributed by atoms with Gasteiger partial charge in [0.15, 0.2) is 0 Å². The fourth-order valence-electron chi connectivity index (χ4n) is 2.93. The van der Waals surface area contributed by atoms with Gasteiger partial charge in [0.25, 0.3) is 5.91 Å². The fourth-order valence-corrected chi connectivity index (χ4v) is 2.93. The largest absolute Gasteiger partial charge is 0.477 e. The molecular formula is C15H23N3O3. The Kier molecular flexibility index (Phi) is 4.67. The van der Waals surface area contributed by atoms with Gasteiger partial charge in [-0.15, -0.1) is 0 Å². The van der Waals surface area contributed by atoms with Gasteiger partial charge >= 0.3 is 5.97 Å². The van der Waals surface area contributed by atoms with Gasteiger partial charge < -0.3 is 15.0 Å². The number of carboxylic acid groups (broad SMARTS) is 1. The Bertz CT molecular complexity index is 543. The number of aromatic nitrogens is 1. The number of hydrogen-bond acceptors (Lipinski definition) is 3. The van der Waals surface area contributed by atoms with E-state index < -0.39 is 5.97 Å². The zero-order chi connectivity index (χ0) is 15.6. The van der Waals surface area contributed by atoms with Crippen LogP contribution in [0, 0.1) is 13.8 Å². The number of aryl methyl sites for hydroxylation is 1. The van der Waals surface area contributed by atoms with Crippen molar-refractivity contribution in [3.05, 3.63) is 22.5 Å². The molecule has 0 atom stereocenters. The molecule has 6 nitrogen and oxygen atoms in total. The predicted molar refractivity (Wildman–Crippen MR) is 79.9 cm³/mol. The van der Waals surface area contributed by atoms with E-state index in [0.29, 0.717) is 29.9 Å². The van der Waals surface area contributed by atoms with Crippen LogP contribution in [0.5, 0.6) is 0 Å². The van der Waals surface area contributed by atoms with Gasteiger partial charge in [0.2, 0.25) is 0 Å². The summed E-state index contributed by atoms with van der Waals surface area (Å²) in [6, 6.07) is 0. The van der Waals surface area contributed by atoms with Crippen LogP contribution >= 0.6 is 0 Å². The van der Waals surface area contributed by atoms with Crippen molar-refractivity contribution in [1.82, 2.24) is 14.8 Å². The maximum Gasteiger partial charge on any atom is 0.352 e. The minimum atomic E-state index is -1.03. The highest BCUT2D eigenvalue weighted by atomic mass is 16.4. The number of amides is 1. The third-order valence-electron chi connectivity index (χ3n) is 4.06. The summed E-state index contributed by atoms with van der Waals surface area (Å²) in [5.74, 6) is -1.09. The molecule has 116 valence electrons. The number of carbonyl (C=O) groups excluding carboxylic acids is 1. The van der Waals surface area contributed by atoms with Crippen LogP contribution in [-0.4, -0.2) is 64.5 Å². The molecule has 1 fully saturated rings. The number of aromatic amines is 1. The van der Waals surface area contributed by atoms with Crippen LogP contribution in [0.2, 0.25) is 0 Å². The summed E-state index contributed by atoms with van der Waals surface area (Å²) in [4.78, 5) is 30.7. The average molecular weight is 293 g/mol. The van der Waals surface area contributed by atoms with Crippen LogP contribution in [-0.2, 0) is 0 Å². The second kappa shape index (κ2) is 6.30. The number of nitrogens with zero attached hydrogens (tertiary/aromatic N) is 2. The SMILES string of the molecule is CCCN1CCN(C(=O)c2c(C)[nH]c(C(=O)O)c2C)CC1. The second-order valence-corrected chi connectivity index (χ2v) is 5.56. The molecule has 0 aliphatic carbocycles. The molecule has 1 aliphatic rings. The molecule has 1 amide bonds. The van der Waals surface area contributed by atoms with Crippen molar-refractivity contribution in [3.63, 3.8) is 0 Å². The summed E-state index contributed by atoms with van der Waals surface area (Å²) in [5.41, 5.74) is 1.78. The van der Waals surface area contributed by atoms with Crippen LogP contribution in [0.3, 0.4) is 0 Å². The lowest BCUT2D eigenvalue weighted by Gasteiger charge is -2.34. The maximum atomic E-state index is 12.6. The monoisotopic (exact) mass is 293 g/mol. The number of H-pyrrole nitrogens is 1. The Morgan fingerprint density at radius 3 is 2.29 bits per heavy atom. The topological polar surface area (TPSA) is 76.6 Å². The lowest BCUT2D eigenvalue weighted by atomic mass is 10.1. The third kappa shape index (κ3) is 3.10. The summed E-state index contributed by atoms with van der Waals surface area (Å²) in [5, 5.41) is 9.13. The number of rotatable bonds is 4. The summed E-state index contributed by atoms with van der Waals surface area (Å²) in [7, 11) is 0. The Hall–Kier alpha value is -1.82. The normalized spacial score (nSPS) is 16.2. The van der Waals surface area contributed by atoms with E-state index >= 15 is 0 Å². The number of aromatic carboxylic acids is 1. The van der Waals surface area contributed by atoms with Gasteiger partial charge in [-0.1, -0.05) is 6.92 Å². The molecule has 0 bridgehead atoms. The third-order valence-corrected chi connectivity index (χ3v) is 4.06. The van der Waals surface area contributed by atoms with Gasteiger partial charge in [0, 0.05) is 31.9 Å². The van der Waals surface area contributed by atoms with Crippen LogP contribution in [0.4, 0.5) is 0 Å². The van der Waals surface area contributed by atoms with Crippen molar-refractivity contribution < 1.29 is 14.7 Å². The lowest BCUT2D eigenvalue weighted by Crippen LogP contribution is -2.48. The van der Waals surface area contributed by atoms with Crippen molar-refractivity contribution in [3.8, 4) is 0 Å². The zero-order valence-electron chi connectivity index (χ0n) is 12.9. The smallest absolute Gasteiger partial charge is 0.352 e. The van der Waals surface area contributed by atoms with Crippen molar-refractivity contribution in [1.29, 1.82) is 0 Å². The average Bonchev–Trinajstić information content (AvgIpc) is 2.75. The number of carboxylic acids is 1. The number of piperazine rings is 1. The standard InChI is InChI=1S/C15H23N3O3/c1-4-5-17-6-8-18(9-7-17)14(19)12-10(2)13(15(20)21)16-11(12)3/h16H,4-9H2,1-3H3,(H,20,21). The van der Waals surface area contributed by atoms with Crippen molar-refractivity contribution in [2.45, 2.75) is 27.2 Å². The molecule has 1 saturated heterocycles. The van der Waals surface area contributed by atoms with Gasteiger partial charge in [-0.05, 0) is 32.4 Å². The zero-order valence-corrected chi connectivity index (χ0v) is 12.9. The summed E-state index contributed by atoms with van der Waals surface area (Å²) in [6.07, 6.45) is 1.12. The molecule has 2 N–H and O–H groups in total. The molecule has 0 radical (unpaired) electrons. The molecular weight excluding hydrogens is 270 g/mol. The van der Waals surface area contributed by atoms with E-state index in [1.54, 1.807) is 13.8 Å². The van der Waals surface area contributed by atoms with Crippen molar-refractivity contribution in [2.24, 2.45) is 0 Å². The first-order valence-corrected chi connectivity index (χ1v) is 7.39. The van der Waals surface area contributed by atoms with E-state index in [2.05, 4.69) is 16.8 Å². The number of nitrogens with one attached hydrogen (secondary N) is 1. The van der Waals surface area contributed by atoms with Gasteiger partial charge in [-0.3, -0.25) is 9.69 Å². The van der Waals surface area contributed by atoms with E-state index in [1.807, 2.05) is 4.90 Å². The highest BCUT2D eigenvalue weighted by Crippen LogP contribution is 2.20. The summed E-state index contributed by atoms with van der Waals surface area (Å²) >= 11 is 0. The molecule has 0 aromatic carbocycles. The van der Waals surface area contributed by atoms with Crippen molar-refractivity contribution in [2.75, 3.05) is 32.7 Å². The first kappa shape index (κ1) is 15.6. The fraction of sp³-hybridized carbons (Fsp3) is 0.600. The minimum Gasteiger partial charge on any atom is -0.477 e. The highest BCUT2D eigenvalue weighted by Gasteiger charge is 2.27. The molecule has 1 aliphatic heterocycles.